The van der Waals surface area contributed by atoms with Gasteiger partial charge in [0.15, 0.2) is 6.10 Å². The summed E-state index contributed by atoms with van der Waals surface area (Å²) in [6, 6.07) is 21.2. The van der Waals surface area contributed by atoms with Gasteiger partial charge in [-0.3, -0.25) is 4.79 Å². The zero-order chi connectivity index (χ0) is 24.4. The number of fused-ring (bicyclic) bond motifs is 2. The Morgan fingerprint density at radius 3 is 2.69 bits per heavy atom. The topological polar surface area (TPSA) is 92.1 Å². The van der Waals surface area contributed by atoms with Gasteiger partial charge in [0.1, 0.15) is 11.1 Å². The van der Waals surface area contributed by atoms with Crippen LogP contribution in [0.25, 0.3) is 22.6 Å². The van der Waals surface area contributed by atoms with Crippen LogP contribution in [0.5, 0.6) is 0 Å². The Kier molecular flexibility index (Phi) is 6.13. The normalized spacial score (nSPS) is 14.3. The molecule has 1 unspecified atom stereocenters. The minimum atomic E-state index is -1.04. The van der Waals surface area contributed by atoms with Gasteiger partial charge in [0.2, 0.25) is 0 Å². The molecule has 2 heterocycles. The first-order valence-corrected chi connectivity index (χ1v) is 12.1. The zero-order valence-corrected chi connectivity index (χ0v) is 19.8. The summed E-state index contributed by atoms with van der Waals surface area (Å²) in [6.07, 6.45) is 2.49. The molecule has 4 aromatic rings. The number of benzene rings is 2. The number of nitrogens with one attached hydrogen (secondary N) is 1. The number of anilines is 1. The zero-order valence-electron chi connectivity index (χ0n) is 18.9. The summed E-state index contributed by atoms with van der Waals surface area (Å²) >= 11 is 1.24. The number of hydrogen-bond donors (Lipinski definition) is 1. The second-order valence-electron chi connectivity index (χ2n) is 8.22. The summed E-state index contributed by atoms with van der Waals surface area (Å²) in [5.41, 5.74) is 5.31. The molecule has 6 nitrogen and oxygen atoms in total. The molecule has 1 amide bonds. The molecule has 0 saturated heterocycles. The fourth-order valence-electron chi connectivity index (χ4n) is 4.24. The van der Waals surface area contributed by atoms with E-state index in [4.69, 9.17) is 15.0 Å². The predicted molar refractivity (Wildman–Crippen MR) is 137 cm³/mol. The Hall–Kier alpha value is -4.28. The van der Waals surface area contributed by atoms with E-state index in [1.54, 1.807) is 11.4 Å². The Bertz CT molecular complexity index is 1520. The lowest BCUT2D eigenvalue weighted by Crippen LogP contribution is -2.30. The predicted octanol–water partition coefficient (Wildman–Crippen LogP) is 5.84. The number of aromatic nitrogens is 1. The van der Waals surface area contributed by atoms with Crippen molar-refractivity contribution in [1.82, 2.24) is 4.98 Å². The van der Waals surface area contributed by atoms with E-state index in [9.17, 15) is 9.59 Å². The standard InChI is InChI=1S/C28H21N3O3S/c1-17(26(32)31-27-20(16-29)13-14-35-27)34-28(33)24-21-9-5-6-10-23(21)30-25-19(11-12-22(24)25)15-18-7-3-2-4-8-18/h2-10,13-15,17H,11-12H2,1H3,(H,31,32)/b19-15+. The molecule has 172 valence electrons. The lowest BCUT2D eigenvalue weighted by atomic mass is 10.0. The molecule has 0 aliphatic heterocycles. The van der Waals surface area contributed by atoms with Gasteiger partial charge in [0, 0.05) is 5.39 Å². The minimum absolute atomic E-state index is 0.373. The van der Waals surface area contributed by atoms with E-state index in [2.05, 4.69) is 11.4 Å². The molecule has 0 radical (unpaired) electrons. The fraction of sp³-hybridized carbons (Fsp3) is 0.143. The van der Waals surface area contributed by atoms with Gasteiger partial charge >= 0.3 is 5.97 Å². The molecule has 0 saturated carbocycles. The van der Waals surface area contributed by atoms with Gasteiger partial charge in [-0.2, -0.15) is 5.26 Å². The smallest absolute Gasteiger partial charge is 0.339 e. The summed E-state index contributed by atoms with van der Waals surface area (Å²) < 4.78 is 5.63. The second-order valence-corrected chi connectivity index (χ2v) is 9.14. The lowest BCUT2D eigenvalue weighted by Gasteiger charge is -2.16. The van der Waals surface area contributed by atoms with E-state index in [1.807, 2.05) is 60.7 Å². The van der Waals surface area contributed by atoms with Crippen molar-refractivity contribution in [3.05, 3.63) is 94.0 Å². The number of pyridine rings is 1. The van der Waals surface area contributed by atoms with Crippen LogP contribution in [0, 0.1) is 11.3 Å². The van der Waals surface area contributed by atoms with E-state index in [0.29, 0.717) is 33.5 Å². The largest absolute Gasteiger partial charge is 0.449 e. The third-order valence-corrected chi connectivity index (χ3v) is 6.79. The van der Waals surface area contributed by atoms with Crippen molar-refractivity contribution in [3.8, 4) is 6.07 Å². The van der Waals surface area contributed by atoms with Crippen LogP contribution in [0.15, 0.2) is 66.0 Å². The number of rotatable bonds is 5. The second kappa shape index (κ2) is 9.53. The highest BCUT2D eigenvalue weighted by Gasteiger charge is 2.29. The van der Waals surface area contributed by atoms with Crippen LogP contribution in [-0.4, -0.2) is 23.0 Å². The van der Waals surface area contributed by atoms with Crippen LogP contribution >= 0.6 is 11.3 Å². The molecular formula is C28H21N3O3S. The van der Waals surface area contributed by atoms with Crippen molar-refractivity contribution in [3.63, 3.8) is 0 Å². The van der Waals surface area contributed by atoms with Crippen molar-refractivity contribution in [1.29, 1.82) is 5.26 Å². The first-order chi connectivity index (χ1) is 17.0. The summed E-state index contributed by atoms with van der Waals surface area (Å²) in [6.45, 7) is 1.53. The van der Waals surface area contributed by atoms with Gasteiger partial charge in [-0.1, -0.05) is 48.5 Å². The van der Waals surface area contributed by atoms with Crippen molar-refractivity contribution in [2.45, 2.75) is 25.9 Å². The molecule has 5 rings (SSSR count). The van der Waals surface area contributed by atoms with Crippen molar-refractivity contribution in [2.75, 3.05) is 5.32 Å². The highest BCUT2D eigenvalue weighted by molar-refractivity contribution is 7.14. The van der Waals surface area contributed by atoms with Crippen LogP contribution in [0.3, 0.4) is 0 Å². The molecule has 0 fully saturated rings. The molecule has 7 heteroatoms. The highest BCUT2D eigenvalue weighted by atomic mass is 32.1. The number of esters is 1. The molecule has 1 N–H and O–H groups in total. The quantitative estimate of drug-likeness (QED) is 0.363. The van der Waals surface area contributed by atoms with Crippen molar-refractivity contribution < 1.29 is 14.3 Å². The number of carbonyl (C=O) groups is 2. The number of thiophene rings is 1. The number of amides is 1. The van der Waals surface area contributed by atoms with Crippen LogP contribution in [0.2, 0.25) is 0 Å². The van der Waals surface area contributed by atoms with Crippen molar-refractivity contribution >= 4 is 50.8 Å². The molecule has 2 aromatic carbocycles. The molecule has 0 bridgehead atoms. The number of ether oxygens (including phenoxy) is 1. The number of allylic oxidation sites excluding steroid dienone is 1. The third kappa shape index (κ3) is 4.44. The molecule has 35 heavy (non-hydrogen) atoms. The van der Waals surface area contributed by atoms with Gasteiger partial charge in [-0.15, -0.1) is 11.3 Å². The van der Waals surface area contributed by atoms with Crippen LogP contribution < -0.4 is 5.32 Å². The summed E-state index contributed by atoms with van der Waals surface area (Å²) in [5.74, 6) is -1.05. The van der Waals surface area contributed by atoms with E-state index < -0.39 is 18.0 Å². The highest BCUT2D eigenvalue weighted by Crippen LogP contribution is 2.38. The van der Waals surface area contributed by atoms with Gasteiger partial charge in [0.25, 0.3) is 5.91 Å². The minimum Gasteiger partial charge on any atom is -0.449 e. The monoisotopic (exact) mass is 479 g/mol. The number of carbonyl (C=O) groups excluding carboxylic acids is 2. The Labute approximate surface area is 206 Å². The Morgan fingerprint density at radius 1 is 1.11 bits per heavy atom. The van der Waals surface area contributed by atoms with Gasteiger partial charge < -0.3 is 10.1 Å². The summed E-state index contributed by atoms with van der Waals surface area (Å²) in [7, 11) is 0. The maximum atomic E-state index is 13.4. The van der Waals surface area contributed by atoms with Crippen molar-refractivity contribution in [2.24, 2.45) is 0 Å². The van der Waals surface area contributed by atoms with E-state index in [0.717, 1.165) is 28.8 Å². The van der Waals surface area contributed by atoms with Crippen LogP contribution in [0.1, 0.15) is 46.1 Å². The first-order valence-electron chi connectivity index (χ1n) is 11.2. The van der Waals surface area contributed by atoms with E-state index >= 15 is 0 Å². The number of hydrogen-bond acceptors (Lipinski definition) is 6. The summed E-state index contributed by atoms with van der Waals surface area (Å²) in [4.78, 5) is 31.0. The molecule has 0 spiro atoms. The van der Waals surface area contributed by atoms with Crippen LogP contribution in [0.4, 0.5) is 5.00 Å². The maximum absolute atomic E-state index is 13.4. The number of para-hydroxylation sites is 1. The SMILES string of the molecule is CC(OC(=O)c1c2c(nc3ccccc13)/C(=C/c1ccccc1)CC2)C(=O)Nc1sccc1C#N. The fourth-order valence-corrected chi connectivity index (χ4v) is 4.98. The maximum Gasteiger partial charge on any atom is 0.339 e. The molecule has 1 atom stereocenters. The Balaban J connectivity index is 1.47. The summed E-state index contributed by atoms with van der Waals surface area (Å²) in [5, 5.41) is 14.7. The molecule has 2 aromatic heterocycles. The van der Waals surface area contributed by atoms with E-state index in [-0.39, 0.29) is 0 Å². The Morgan fingerprint density at radius 2 is 1.89 bits per heavy atom. The van der Waals surface area contributed by atoms with Gasteiger partial charge in [0.05, 0.1) is 22.3 Å². The average Bonchev–Trinajstić information content (AvgIpc) is 3.49. The van der Waals surface area contributed by atoms with Gasteiger partial charge in [-0.25, -0.2) is 9.78 Å². The lowest BCUT2D eigenvalue weighted by molar-refractivity contribution is -0.123. The average molecular weight is 480 g/mol. The van der Waals surface area contributed by atoms with E-state index in [1.165, 1.54) is 18.3 Å². The first kappa shape index (κ1) is 22.5. The number of nitriles is 1. The molecule has 1 aliphatic rings. The molecule has 1 aliphatic carbocycles. The molecular weight excluding hydrogens is 458 g/mol. The van der Waals surface area contributed by atoms with Crippen LogP contribution in [-0.2, 0) is 16.0 Å². The third-order valence-electron chi connectivity index (χ3n) is 5.96. The van der Waals surface area contributed by atoms with Gasteiger partial charge in [-0.05, 0) is 60.1 Å². The number of nitrogens with zero attached hydrogens (tertiary/aromatic N) is 2.